The molecule has 2 N–H and O–H groups in total. The Morgan fingerprint density at radius 1 is 0.264 bits per heavy atom. The third kappa shape index (κ3) is 4.58. The summed E-state index contributed by atoms with van der Waals surface area (Å²) in [6.45, 7) is 0. The van der Waals surface area contributed by atoms with Gasteiger partial charge >= 0.3 is 0 Å². The fourth-order valence-electron chi connectivity index (χ4n) is 8.93. The summed E-state index contributed by atoms with van der Waals surface area (Å²) in [6, 6.07) is 69.0. The largest absolute Gasteiger partial charge is 0.399 e. The molecular formula is C52H33N. The number of benzene rings is 10. The van der Waals surface area contributed by atoms with Gasteiger partial charge in [-0.25, -0.2) is 0 Å². The third-order valence-electron chi connectivity index (χ3n) is 11.3. The van der Waals surface area contributed by atoms with Crippen molar-refractivity contribution in [3.05, 3.63) is 188 Å². The van der Waals surface area contributed by atoms with Crippen molar-refractivity contribution in [1.29, 1.82) is 0 Å². The van der Waals surface area contributed by atoms with Gasteiger partial charge in [-0.15, -0.1) is 0 Å². The van der Waals surface area contributed by atoms with E-state index < -0.39 is 0 Å². The van der Waals surface area contributed by atoms with Crippen LogP contribution in [-0.2, 0) is 0 Å². The van der Waals surface area contributed by atoms with Crippen LogP contribution in [0.1, 0.15) is 0 Å². The van der Waals surface area contributed by atoms with E-state index in [-0.39, 0.29) is 0 Å². The number of anilines is 1. The Morgan fingerprint density at radius 3 is 1.40 bits per heavy atom. The molecule has 0 amide bonds. The minimum Gasteiger partial charge on any atom is -0.399 e. The van der Waals surface area contributed by atoms with Crippen molar-refractivity contribution in [1.82, 2.24) is 0 Å². The molecule has 0 atom stereocenters. The first-order valence-electron chi connectivity index (χ1n) is 18.3. The SMILES string of the molecule is Nc1cccc(-c2cccc(-c3ccc4c5c(cccc35)-c3c-4c(-c4ccc5ccccc5c4)c4ccccc4c3-c3ccc4ccccc4c3)c2)c1. The van der Waals surface area contributed by atoms with Crippen LogP contribution in [-0.4, -0.2) is 0 Å². The number of nitrogen functional groups attached to an aromatic ring is 1. The van der Waals surface area contributed by atoms with Gasteiger partial charge in [0, 0.05) is 5.69 Å². The Hall–Kier alpha value is -6.96. The molecule has 246 valence electrons. The monoisotopic (exact) mass is 671 g/mol. The van der Waals surface area contributed by atoms with Crippen LogP contribution in [0.5, 0.6) is 0 Å². The maximum atomic E-state index is 6.20. The first-order valence-corrected chi connectivity index (χ1v) is 18.3. The van der Waals surface area contributed by atoms with Crippen molar-refractivity contribution in [3.63, 3.8) is 0 Å². The summed E-state index contributed by atoms with van der Waals surface area (Å²) in [6.07, 6.45) is 0. The number of nitrogens with two attached hydrogens (primary N) is 1. The lowest BCUT2D eigenvalue weighted by molar-refractivity contribution is 1.60. The second kappa shape index (κ2) is 11.5. The molecule has 0 heterocycles. The Labute approximate surface area is 308 Å². The number of hydrogen-bond donors (Lipinski definition) is 1. The fourth-order valence-corrected chi connectivity index (χ4v) is 8.93. The standard InChI is InChI=1S/C52H33N/c53-41-17-8-15-37(31-41)36-14-7-16-38(28-36)42-26-27-47-50-43(42)20-9-21-46(50)51-48(39-24-22-32-10-1-3-12-34(32)29-39)44-18-5-6-19-45(44)49(52(47)51)40-25-23-33-11-2-4-13-35(33)30-40/h1-31H,53H2. The molecular weight excluding hydrogens is 639 g/mol. The molecule has 11 rings (SSSR count). The highest BCUT2D eigenvalue weighted by Crippen LogP contribution is 2.58. The van der Waals surface area contributed by atoms with E-state index in [4.69, 9.17) is 5.73 Å². The van der Waals surface area contributed by atoms with Crippen molar-refractivity contribution in [2.75, 3.05) is 5.73 Å². The molecule has 1 aliphatic rings. The highest BCUT2D eigenvalue weighted by Gasteiger charge is 2.31. The molecule has 0 bridgehead atoms. The van der Waals surface area contributed by atoms with E-state index in [1.807, 2.05) is 12.1 Å². The summed E-state index contributed by atoms with van der Waals surface area (Å²) in [5.41, 5.74) is 21.9. The summed E-state index contributed by atoms with van der Waals surface area (Å²) in [5.74, 6) is 0. The van der Waals surface area contributed by atoms with Crippen molar-refractivity contribution >= 4 is 48.8 Å². The fraction of sp³-hybridized carbons (Fsp3) is 0. The van der Waals surface area contributed by atoms with E-state index in [0.29, 0.717) is 0 Å². The third-order valence-corrected chi connectivity index (χ3v) is 11.3. The minimum absolute atomic E-state index is 0.771. The molecule has 0 radical (unpaired) electrons. The van der Waals surface area contributed by atoms with Crippen molar-refractivity contribution < 1.29 is 0 Å². The molecule has 10 aromatic carbocycles. The average molecular weight is 672 g/mol. The normalized spacial score (nSPS) is 11.8. The molecule has 0 unspecified atom stereocenters. The zero-order valence-corrected chi connectivity index (χ0v) is 29.0. The summed E-state index contributed by atoms with van der Waals surface area (Å²) >= 11 is 0. The van der Waals surface area contributed by atoms with Crippen molar-refractivity contribution in [2.24, 2.45) is 0 Å². The van der Waals surface area contributed by atoms with Gasteiger partial charge in [0.2, 0.25) is 0 Å². The van der Waals surface area contributed by atoms with Gasteiger partial charge in [-0.1, -0.05) is 158 Å². The summed E-state index contributed by atoms with van der Waals surface area (Å²) < 4.78 is 0. The van der Waals surface area contributed by atoms with Gasteiger partial charge in [0.15, 0.2) is 0 Å². The van der Waals surface area contributed by atoms with Crippen LogP contribution in [0.2, 0.25) is 0 Å². The van der Waals surface area contributed by atoms with Crippen molar-refractivity contribution in [3.8, 4) is 66.8 Å². The van der Waals surface area contributed by atoms with Gasteiger partial charge in [0.1, 0.15) is 0 Å². The van der Waals surface area contributed by atoms with Crippen LogP contribution >= 0.6 is 0 Å². The molecule has 0 fully saturated rings. The first-order chi connectivity index (χ1) is 26.2. The maximum Gasteiger partial charge on any atom is 0.0320 e. The Morgan fingerprint density at radius 2 is 0.755 bits per heavy atom. The van der Waals surface area contributed by atoms with Crippen LogP contribution in [0.15, 0.2) is 188 Å². The van der Waals surface area contributed by atoms with Crippen LogP contribution < -0.4 is 5.73 Å². The van der Waals surface area contributed by atoms with Crippen LogP contribution in [0.4, 0.5) is 5.69 Å². The number of hydrogen-bond acceptors (Lipinski definition) is 1. The maximum absolute atomic E-state index is 6.20. The Balaban J connectivity index is 1.24. The van der Waals surface area contributed by atoms with Gasteiger partial charge in [0.25, 0.3) is 0 Å². The van der Waals surface area contributed by atoms with Crippen LogP contribution in [0.25, 0.3) is 110 Å². The highest BCUT2D eigenvalue weighted by molar-refractivity contribution is 6.29. The lowest BCUT2D eigenvalue weighted by atomic mass is 9.82. The molecule has 53 heavy (non-hydrogen) atoms. The lowest BCUT2D eigenvalue weighted by Gasteiger charge is -2.21. The first kappa shape index (κ1) is 29.7. The lowest BCUT2D eigenvalue weighted by Crippen LogP contribution is -1.94. The quantitative estimate of drug-likeness (QED) is 0.185. The zero-order chi connectivity index (χ0) is 35.0. The van der Waals surface area contributed by atoms with Gasteiger partial charge in [-0.05, 0) is 140 Å². The molecule has 0 spiro atoms. The summed E-state index contributed by atoms with van der Waals surface area (Å²) in [5, 5.41) is 10.1. The zero-order valence-electron chi connectivity index (χ0n) is 29.0. The molecule has 0 aliphatic heterocycles. The van der Waals surface area contributed by atoms with E-state index in [9.17, 15) is 0 Å². The molecule has 1 nitrogen and oxygen atoms in total. The second-order valence-electron chi connectivity index (χ2n) is 14.3. The van der Waals surface area contributed by atoms with Gasteiger partial charge in [0.05, 0.1) is 0 Å². The van der Waals surface area contributed by atoms with E-state index >= 15 is 0 Å². The van der Waals surface area contributed by atoms with Crippen LogP contribution in [0.3, 0.4) is 0 Å². The average Bonchev–Trinajstić information content (AvgIpc) is 3.54. The molecule has 0 saturated carbocycles. The summed E-state index contributed by atoms with van der Waals surface area (Å²) in [7, 11) is 0. The minimum atomic E-state index is 0.771. The van der Waals surface area contributed by atoms with E-state index in [2.05, 4.69) is 176 Å². The van der Waals surface area contributed by atoms with Crippen molar-refractivity contribution in [2.45, 2.75) is 0 Å². The molecule has 1 heteroatoms. The van der Waals surface area contributed by atoms with Gasteiger partial charge in [-0.2, -0.15) is 0 Å². The molecule has 10 aromatic rings. The number of fused-ring (bicyclic) bond motifs is 6. The van der Waals surface area contributed by atoms with Gasteiger partial charge < -0.3 is 5.73 Å². The van der Waals surface area contributed by atoms with E-state index in [1.165, 1.54) is 98.7 Å². The second-order valence-corrected chi connectivity index (χ2v) is 14.3. The smallest absolute Gasteiger partial charge is 0.0320 e. The predicted molar refractivity (Wildman–Crippen MR) is 227 cm³/mol. The molecule has 1 aliphatic carbocycles. The van der Waals surface area contributed by atoms with E-state index in [0.717, 1.165) is 16.8 Å². The highest BCUT2D eigenvalue weighted by atomic mass is 14.5. The Kier molecular flexibility index (Phi) is 6.47. The predicted octanol–water partition coefficient (Wildman–Crippen LogP) is 14.2. The van der Waals surface area contributed by atoms with Gasteiger partial charge in [-0.3, -0.25) is 0 Å². The topological polar surface area (TPSA) is 26.0 Å². The van der Waals surface area contributed by atoms with E-state index in [1.54, 1.807) is 0 Å². The number of rotatable bonds is 4. The molecule has 0 saturated heterocycles. The summed E-state index contributed by atoms with van der Waals surface area (Å²) in [4.78, 5) is 0. The molecule has 0 aromatic heterocycles. The Bertz CT molecular complexity index is 3000. The van der Waals surface area contributed by atoms with Crippen LogP contribution in [0, 0.1) is 0 Å².